The van der Waals surface area contributed by atoms with E-state index < -0.39 is 0 Å². The monoisotopic (exact) mass is 230 g/mol. The Hall–Kier alpha value is -0.310. The SMILES string of the molecule is CC(Br)CCCc1ccnn1C. The summed E-state index contributed by atoms with van der Waals surface area (Å²) in [7, 11) is 1.99. The summed E-state index contributed by atoms with van der Waals surface area (Å²) < 4.78 is 1.94. The van der Waals surface area contributed by atoms with E-state index in [0.717, 1.165) is 6.42 Å². The summed E-state index contributed by atoms with van der Waals surface area (Å²) >= 11 is 3.53. The lowest BCUT2D eigenvalue weighted by Gasteiger charge is -2.03. The molecular weight excluding hydrogens is 216 g/mol. The molecule has 0 amide bonds. The van der Waals surface area contributed by atoms with Crippen molar-refractivity contribution in [2.75, 3.05) is 0 Å². The van der Waals surface area contributed by atoms with Crippen LogP contribution in [0, 0.1) is 0 Å². The first-order valence-electron chi connectivity index (χ1n) is 4.31. The van der Waals surface area contributed by atoms with Crippen molar-refractivity contribution in [1.82, 2.24) is 9.78 Å². The van der Waals surface area contributed by atoms with Gasteiger partial charge in [-0.2, -0.15) is 5.10 Å². The fraction of sp³-hybridized carbons (Fsp3) is 0.667. The van der Waals surface area contributed by atoms with E-state index in [-0.39, 0.29) is 0 Å². The summed E-state index contributed by atoms with van der Waals surface area (Å²) in [6, 6.07) is 2.08. The minimum atomic E-state index is 0.630. The number of aryl methyl sites for hydroxylation is 2. The number of hydrogen-bond acceptors (Lipinski definition) is 1. The molecule has 0 radical (unpaired) electrons. The Morgan fingerprint density at radius 1 is 1.67 bits per heavy atom. The molecule has 2 nitrogen and oxygen atoms in total. The molecule has 0 N–H and O–H groups in total. The summed E-state index contributed by atoms with van der Waals surface area (Å²) in [4.78, 5) is 0.630. The highest BCUT2D eigenvalue weighted by Crippen LogP contribution is 2.10. The molecule has 1 aromatic heterocycles. The Balaban J connectivity index is 2.29. The molecule has 3 heteroatoms. The second kappa shape index (κ2) is 4.65. The lowest BCUT2D eigenvalue weighted by molar-refractivity contribution is 0.660. The third kappa shape index (κ3) is 2.97. The first kappa shape index (κ1) is 9.78. The maximum Gasteiger partial charge on any atom is 0.0492 e. The van der Waals surface area contributed by atoms with Gasteiger partial charge in [0.2, 0.25) is 0 Å². The third-order valence-corrected chi connectivity index (χ3v) is 2.42. The van der Waals surface area contributed by atoms with Crippen LogP contribution in [0.1, 0.15) is 25.5 Å². The number of aromatic nitrogens is 2. The molecule has 1 aromatic rings. The van der Waals surface area contributed by atoms with E-state index >= 15 is 0 Å². The molecule has 0 spiro atoms. The van der Waals surface area contributed by atoms with Gasteiger partial charge in [-0.05, 0) is 25.3 Å². The lowest BCUT2D eigenvalue weighted by atomic mass is 10.1. The Morgan fingerprint density at radius 2 is 2.42 bits per heavy atom. The summed E-state index contributed by atoms with van der Waals surface area (Å²) in [6.07, 6.45) is 5.44. The fourth-order valence-corrected chi connectivity index (χ4v) is 1.53. The highest BCUT2D eigenvalue weighted by atomic mass is 79.9. The number of halogens is 1. The first-order valence-corrected chi connectivity index (χ1v) is 5.22. The third-order valence-electron chi connectivity index (χ3n) is 1.96. The van der Waals surface area contributed by atoms with Crippen LogP contribution in [0.25, 0.3) is 0 Å². The minimum Gasteiger partial charge on any atom is -0.273 e. The zero-order valence-corrected chi connectivity index (χ0v) is 9.21. The Kier molecular flexibility index (Phi) is 3.79. The van der Waals surface area contributed by atoms with Crippen molar-refractivity contribution < 1.29 is 0 Å². The van der Waals surface area contributed by atoms with Crippen LogP contribution in [0.3, 0.4) is 0 Å². The predicted molar refractivity (Wildman–Crippen MR) is 54.5 cm³/mol. The molecule has 0 aliphatic carbocycles. The molecule has 1 atom stereocenters. The van der Waals surface area contributed by atoms with E-state index in [1.54, 1.807) is 0 Å². The van der Waals surface area contributed by atoms with Gasteiger partial charge in [-0.3, -0.25) is 4.68 Å². The van der Waals surface area contributed by atoms with Crippen molar-refractivity contribution in [1.29, 1.82) is 0 Å². The van der Waals surface area contributed by atoms with Gasteiger partial charge in [0.05, 0.1) is 0 Å². The van der Waals surface area contributed by atoms with Crippen LogP contribution in [0.15, 0.2) is 12.3 Å². The van der Waals surface area contributed by atoms with E-state index in [4.69, 9.17) is 0 Å². The molecule has 0 saturated carbocycles. The summed E-state index contributed by atoms with van der Waals surface area (Å²) in [5.74, 6) is 0. The fourth-order valence-electron chi connectivity index (χ4n) is 1.21. The van der Waals surface area contributed by atoms with Gasteiger partial charge in [-0.1, -0.05) is 22.9 Å². The van der Waals surface area contributed by atoms with Crippen LogP contribution in [0.5, 0.6) is 0 Å². The highest BCUT2D eigenvalue weighted by molar-refractivity contribution is 9.09. The Labute approximate surface area is 82.1 Å². The smallest absolute Gasteiger partial charge is 0.0492 e. The number of hydrogen-bond donors (Lipinski definition) is 0. The Morgan fingerprint density at radius 3 is 2.92 bits per heavy atom. The zero-order valence-electron chi connectivity index (χ0n) is 7.63. The van der Waals surface area contributed by atoms with Gasteiger partial charge >= 0.3 is 0 Å². The van der Waals surface area contributed by atoms with Gasteiger partial charge in [0.25, 0.3) is 0 Å². The molecule has 68 valence electrons. The molecule has 0 fully saturated rings. The molecular formula is C9H15BrN2. The summed E-state index contributed by atoms with van der Waals surface area (Å²) in [5, 5.41) is 4.12. The standard InChI is InChI=1S/C9H15BrN2/c1-8(10)4-3-5-9-6-7-11-12(9)2/h6-8H,3-5H2,1-2H3. The molecule has 1 rings (SSSR count). The molecule has 1 heterocycles. The Bertz CT molecular complexity index is 230. The van der Waals surface area contributed by atoms with Gasteiger partial charge in [0.15, 0.2) is 0 Å². The van der Waals surface area contributed by atoms with Gasteiger partial charge in [0.1, 0.15) is 0 Å². The molecule has 0 saturated heterocycles. The molecule has 12 heavy (non-hydrogen) atoms. The van der Waals surface area contributed by atoms with Crippen LogP contribution >= 0.6 is 15.9 Å². The van der Waals surface area contributed by atoms with E-state index in [1.165, 1.54) is 18.5 Å². The average Bonchev–Trinajstić information content (AvgIpc) is 2.36. The van der Waals surface area contributed by atoms with Crippen molar-refractivity contribution in [3.8, 4) is 0 Å². The molecule has 0 aliphatic heterocycles. The highest BCUT2D eigenvalue weighted by Gasteiger charge is 1.99. The topological polar surface area (TPSA) is 17.8 Å². The second-order valence-corrected chi connectivity index (χ2v) is 4.68. The van der Waals surface area contributed by atoms with E-state index in [1.807, 2.05) is 17.9 Å². The van der Waals surface area contributed by atoms with Crippen molar-refractivity contribution in [2.24, 2.45) is 7.05 Å². The first-order chi connectivity index (χ1) is 5.70. The van der Waals surface area contributed by atoms with Gasteiger partial charge < -0.3 is 0 Å². The van der Waals surface area contributed by atoms with Crippen molar-refractivity contribution >= 4 is 15.9 Å². The second-order valence-electron chi connectivity index (χ2n) is 3.12. The van der Waals surface area contributed by atoms with Gasteiger partial charge in [-0.15, -0.1) is 0 Å². The van der Waals surface area contributed by atoms with E-state index in [2.05, 4.69) is 34.0 Å². The van der Waals surface area contributed by atoms with Crippen LogP contribution in [0.2, 0.25) is 0 Å². The number of alkyl halides is 1. The average molecular weight is 231 g/mol. The van der Waals surface area contributed by atoms with Gasteiger partial charge in [0, 0.05) is 23.8 Å². The predicted octanol–water partition coefficient (Wildman–Crippen LogP) is 2.53. The molecule has 0 aliphatic rings. The number of nitrogens with zero attached hydrogens (tertiary/aromatic N) is 2. The summed E-state index contributed by atoms with van der Waals surface area (Å²) in [5.41, 5.74) is 1.32. The molecule has 0 bridgehead atoms. The maximum absolute atomic E-state index is 4.12. The lowest BCUT2D eigenvalue weighted by Crippen LogP contribution is -1.99. The van der Waals surface area contributed by atoms with Crippen molar-refractivity contribution in [3.63, 3.8) is 0 Å². The largest absolute Gasteiger partial charge is 0.273 e. The van der Waals surface area contributed by atoms with Crippen molar-refractivity contribution in [2.45, 2.75) is 31.0 Å². The van der Waals surface area contributed by atoms with E-state index in [0.29, 0.717) is 4.83 Å². The van der Waals surface area contributed by atoms with Crippen LogP contribution in [0.4, 0.5) is 0 Å². The van der Waals surface area contributed by atoms with Crippen LogP contribution < -0.4 is 0 Å². The van der Waals surface area contributed by atoms with E-state index in [9.17, 15) is 0 Å². The normalized spacial score (nSPS) is 13.2. The van der Waals surface area contributed by atoms with Crippen LogP contribution in [-0.2, 0) is 13.5 Å². The van der Waals surface area contributed by atoms with Crippen molar-refractivity contribution in [3.05, 3.63) is 18.0 Å². The molecule has 1 unspecified atom stereocenters. The summed E-state index contributed by atoms with van der Waals surface area (Å²) in [6.45, 7) is 2.18. The number of rotatable bonds is 4. The maximum atomic E-state index is 4.12. The van der Waals surface area contributed by atoms with Crippen LogP contribution in [-0.4, -0.2) is 14.6 Å². The minimum absolute atomic E-state index is 0.630. The quantitative estimate of drug-likeness (QED) is 0.728. The zero-order chi connectivity index (χ0) is 8.97. The van der Waals surface area contributed by atoms with Gasteiger partial charge in [-0.25, -0.2) is 0 Å². The molecule has 0 aromatic carbocycles.